The van der Waals surface area contributed by atoms with Crippen molar-refractivity contribution in [2.24, 2.45) is 17.6 Å². The highest BCUT2D eigenvalue weighted by Gasteiger charge is 2.36. The number of aryl methyl sites for hydroxylation is 2. The number of carbonyl (C=O) groups excluding carboxylic acids is 2. The third-order valence-electron chi connectivity index (χ3n) is 9.00. The first kappa shape index (κ1) is 35.0. The number of carbonyl (C=O) groups is 2. The molecule has 3 aromatic rings. The molecule has 1 aliphatic carbocycles. The van der Waals surface area contributed by atoms with Gasteiger partial charge in [0.1, 0.15) is 12.4 Å². The molecule has 3 N–H and O–H groups in total. The fraction of sp³-hybridized carbons (Fsp3) is 0.588. The number of nitrogens with zero attached hydrogens (tertiary/aromatic N) is 4. The van der Waals surface area contributed by atoms with Crippen molar-refractivity contribution < 1.29 is 14.3 Å². The van der Waals surface area contributed by atoms with Crippen molar-refractivity contribution in [1.82, 2.24) is 19.6 Å². The summed E-state index contributed by atoms with van der Waals surface area (Å²) in [6.45, 7) is 15.2. The molecule has 0 aliphatic heterocycles. The molecule has 1 aliphatic rings. The van der Waals surface area contributed by atoms with Crippen molar-refractivity contribution in [2.75, 3.05) is 23.9 Å². The van der Waals surface area contributed by atoms with Crippen LogP contribution in [-0.4, -0.2) is 58.1 Å². The van der Waals surface area contributed by atoms with Gasteiger partial charge in [0.15, 0.2) is 0 Å². The van der Waals surface area contributed by atoms with Gasteiger partial charge in [-0.15, -0.1) is 0 Å². The van der Waals surface area contributed by atoms with Gasteiger partial charge in [-0.2, -0.15) is 22.0 Å². The molecule has 0 radical (unpaired) electrons. The average molecular weight is 653 g/mol. The molecule has 0 saturated heterocycles. The van der Waals surface area contributed by atoms with Gasteiger partial charge in [-0.05, 0) is 80.7 Å². The molecule has 2 aromatic heterocycles. The maximum atomic E-state index is 14.1. The molecule has 1 atom stereocenters. The second kappa shape index (κ2) is 15.6. The van der Waals surface area contributed by atoms with E-state index in [9.17, 15) is 9.59 Å². The number of thioether (sulfide) groups is 1. The van der Waals surface area contributed by atoms with Crippen LogP contribution in [0.4, 0.5) is 5.69 Å². The van der Waals surface area contributed by atoms with Crippen LogP contribution in [0.5, 0.6) is 0 Å². The lowest BCUT2D eigenvalue weighted by Crippen LogP contribution is -2.32. The zero-order chi connectivity index (χ0) is 32.7. The Hall–Kier alpha value is -2.89. The molecular weight excluding hydrogens is 601 g/mol. The Bertz CT molecular complexity index is 1440. The molecule has 246 valence electrons. The molecule has 11 heteroatoms. The first-order chi connectivity index (χ1) is 21.4. The van der Waals surface area contributed by atoms with E-state index in [-0.39, 0.29) is 11.8 Å². The second-order valence-electron chi connectivity index (χ2n) is 13.8. The number of rotatable bonds is 15. The molecule has 0 bridgehead atoms. The molecule has 45 heavy (non-hydrogen) atoms. The zero-order valence-corrected chi connectivity index (χ0v) is 30.0. The van der Waals surface area contributed by atoms with Crippen LogP contribution in [0.15, 0.2) is 30.5 Å². The van der Waals surface area contributed by atoms with Crippen LogP contribution in [-0.2, 0) is 22.8 Å². The normalized spacial score (nSPS) is 17.8. The summed E-state index contributed by atoms with van der Waals surface area (Å²) in [6, 6.07) is 9.05. The maximum absolute atomic E-state index is 14.1. The quantitative estimate of drug-likeness (QED) is 0.134. The fourth-order valence-corrected chi connectivity index (χ4v) is 7.54. The molecule has 0 spiro atoms. The number of hydrogen-bond donors (Lipinski definition) is 2. The van der Waals surface area contributed by atoms with Crippen molar-refractivity contribution in [2.45, 2.75) is 97.8 Å². The number of hydrogen-bond acceptors (Lipinski definition) is 6. The minimum absolute atomic E-state index is 0.117. The van der Waals surface area contributed by atoms with Crippen LogP contribution in [0.1, 0.15) is 72.4 Å². The summed E-state index contributed by atoms with van der Waals surface area (Å²) in [4.78, 5) is 26.8. The van der Waals surface area contributed by atoms with Crippen LogP contribution in [0, 0.1) is 25.7 Å². The third kappa shape index (κ3) is 9.10. The predicted octanol–water partition coefficient (Wildman–Crippen LogP) is 7.08. The molecule has 1 saturated carbocycles. The van der Waals surface area contributed by atoms with Crippen LogP contribution >= 0.6 is 11.8 Å². The number of amides is 2. The van der Waals surface area contributed by atoms with Crippen molar-refractivity contribution in [3.63, 3.8) is 0 Å². The van der Waals surface area contributed by atoms with Crippen LogP contribution < -0.4 is 11.1 Å². The number of nitrogens with two attached hydrogens (primary N) is 1. The predicted molar refractivity (Wildman–Crippen MR) is 187 cm³/mol. The summed E-state index contributed by atoms with van der Waals surface area (Å²) in [5, 5.41) is 12.4. The Morgan fingerprint density at radius 2 is 1.80 bits per heavy atom. The molecule has 0 unspecified atom stereocenters. The second-order valence-corrected chi connectivity index (χ2v) is 20.4. The van der Waals surface area contributed by atoms with E-state index in [4.69, 9.17) is 15.6 Å². The maximum Gasteiger partial charge on any atom is 0.267 e. The van der Waals surface area contributed by atoms with Gasteiger partial charge >= 0.3 is 0 Å². The summed E-state index contributed by atoms with van der Waals surface area (Å²) in [7, 11) is -1.15. The zero-order valence-electron chi connectivity index (χ0n) is 28.2. The van der Waals surface area contributed by atoms with Crippen molar-refractivity contribution in [1.29, 1.82) is 0 Å². The summed E-state index contributed by atoms with van der Waals surface area (Å²) in [6.07, 6.45) is 8.61. The molecule has 1 fully saturated rings. The van der Waals surface area contributed by atoms with E-state index < -0.39 is 19.9 Å². The minimum atomic E-state index is -1.15. The standard InChI is InChI=1S/C34H52N6O3SSi/c1-23-9-11-27(12-10-23)31(29-21-36-39(17-8-19-44-4)32(29)33(35)41)34(42)37-28-15-13-26(14-16-28)30-24(2)38-40(25(30)3)22-43-18-20-45(5,6)7/h13-16,21,23,27,31H,8-12,17-20,22H2,1-7H3,(H2,35,41)(H,37,42)/t23?,27?,31-/m0/s1. The third-order valence-corrected chi connectivity index (χ3v) is 11.4. The van der Waals surface area contributed by atoms with Gasteiger partial charge in [-0.1, -0.05) is 51.5 Å². The lowest BCUT2D eigenvalue weighted by molar-refractivity contribution is -0.119. The van der Waals surface area contributed by atoms with E-state index in [1.54, 1.807) is 22.6 Å². The summed E-state index contributed by atoms with van der Waals surface area (Å²) >= 11 is 1.75. The number of anilines is 1. The van der Waals surface area contributed by atoms with Crippen LogP contribution in [0.2, 0.25) is 25.7 Å². The largest absolute Gasteiger partial charge is 0.364 e. The molecule has 1 aromatic carbocycles. The summed E-state index contributed by atoms with van der Waals surface area (Å²) in [5.74, 6) is 0.550. The lowest BCUT2D eigenvalue weighted by atomic mass is 9.73. The first-order valence-electron chi connectivity index (χ1n) is 16.3. The number of nitrogens with one attached hydrogen (secondary N) is 1. The lowest BCUT2D eigenvalue weighted by Gasteiger charge is -2.32. The molecular formula is C34H52N6O3SSi. The van der Waals surface area contributed by atoms with Crippen molar-refractivity contribution in [3.8, 4) is 11.1 Å². The fourth-order valence-electron chi connectivity index (χ4n) is 6.36. The summed E-state index contributed by atoms with van der Waals surface area (Å²) in [5.41, 5.74) is 11.7. The average Bonchev–Trinajstić information content (AvgIpc) is 3.52. The highest BCUT2D eigenvalue weighted by molar-refractivity contribution is 7.98. The smallest absolute Gasteiger partial charge is 0.267 e. The van der Waals surface area contributed by atoms with Crippen molar-refractivity contribution in [3.05, 3.63) is 53.1 Å². The Morgan fingerprint density at radius 1 is 1.11 bits per heavy atom. The van der Waals surface area contributed by atoms with Gasteiger partial charge in [0.2, 0.25) is 5.91 Å². The SMILES string of the molecule is CSCCCn1ncc([C@@H](C(=O)Nc2ccc(-c3c(C)nn(COCC[Si](C)(C)C)c3C)cc2)C2CCC(C)CC2)c1C(N)=O. The van der Waals surface area contributed by atoms with Gasteiger partial charge in [0.05, 0.1) is 17.8 Å². The van der Waals surface area contributed by atoms with Gasteiger partial charge in [-0.3, -0.25) is 14.3 Å². The van der Waals surface area contributed by atoms with E-state index in [1.807, 2.05) is 35.9 Å². The first-order valence-corrected chi connectivity index (χ1v) is 21.4. The number of aromatic nitrogens is 4. The Balaban J connectivity index is 1.53. The molecule has 4 rings (SSSR count). The van der Waals surface area contributed by atoms with Gasteiger partial charge in [-0.25, -0.2) is 4.68 Å². The van der Waals surface area contributed by atoms with Gasteiger partial charge < -0.3 is 15.8 Å². The number of ether oxygens (including phenoxy) is 1. The van der Waals surface area contributed by atoms with Crippen LogP contribution in [0.25, 0.3) is 11.1 Å². The van der Waals surface area contributed by atoms with Gasteiger partial charge in [0.25, 0.3) is 5.91 Å². The molecule has 2 amide bonds. The van der Waals surface area contributed by atoms with Crippen molar-refractivity contribution >= 4 is 37.3 Å². The summed E-state index contributed by atoms with van der Waals surface area (Å²) < 4.78 is 9.58. The van der Waals surface area contributed by atoms with E-state index in [1.165, 1.54) is 0 Å². The highest BCUT2D eigenvalue weighted by Crippen LogP contribution is 2.40. The van der Waals surface area contributed by atoms with E-state index in [2.05, 4.69) is 50.2 Å². The van der Waals surface area contributed by atoms with E-state index in [0.29, 0.717) is 36.1 Å². The number of benzene rings is 1. The Morgan fingerprint density at radius 3 is 2.42 bits per heavy atom. The Labute approximate surface area is 274 Å². The molecule has 2 heterocycles. The van der Waals surface area contributed by atoms with Crippen LogP contribution in [0.3, 0.4) is 0 Å². The minimum Gasteiger partial charge on any atom is -0.364 e. The van der Waals surface area contributed by atoms with Gasteiger partial charge in [0, 0.05) is 43.7 Å². The Kier molecular flexibility index (Phi) is 12.1. The number of primary amides is 1. The van der Waals surface area contributed by atoms with E-state index in [0.717, 1.165) is 73.0 Å². The topological polar surface area (TPSA) is 117 Å². The highest BCUT2D eigenvalue weighted by atomic mass is 32.2. The molecule has 9 nitrogen and oxygen atoms in total. The van der Waals surface area contributed by atoms with E-state index >= 15 is 0 Å². The monoisotopic (exact) mass is 652 g/mol.